The van der Waals surface area contributed by atoms with Gasteiger partial charge >= 0.3 is 0 Å². The van der Waals surface area contributed by atoms with Gasteiger partial charge in [-0.3, -0.25) is 0 Å². The van der Waals surface area contributed by atoms with Gasteiger partial charge in [0.2, 0.25) is 0 Å². The monoisotopic (exact) mass is 253 g/mol. The van der Waals surface area contributed by atoms with Crippen LogP contribution in [0, 0.1) is 6.92 Å². The highest BCUT2D eigenvalue weighted by Crippen LogP contribution is 2.24. The number of aryl methyl sites for hydroxylation is 1. The summed E-state index contributed by atoms with van der Waals surface area (Å²) in [6, 6.07) is 0. The largest absolute Gasteiger partial charge is 0.391 e. The van der Waals surface area contributed by atoms with Crippen molar-refractivity contribution in [3.8, 4) is 0 Å². The number of hydrogen-bond acceptors (Lipinski definition) is 6. The van der Waals surface area contributed by atoms with Crippen molar-refractivity contribution in [1.82, 2.24) is 9.97 Å². The van der Waals surface area contributed by atoms with Crippen molar-refractivity contribution in [1.29, 1.82) is 0 Å². The number of nitrogen functional groups attached to an aromatic ring is 1. The molecule has 18 heavy (non-hydrogen) atoms. The molecule has 5 N–H and O–H groups in total. The molecule has 0 aliphatic carbocycles. The lowest BCUT2D eigenvalue weighted by Gasteiger charge is -2.31. The molecule has 0 saturated carbocycles. The maximum atomic E-state index is 9.74. The predicted octanol–water partition coefficient (Wildman–Crippen LogP) is 1.20. The van der Waals surface area contributed by atoms with E-state index in [0.29, 0.717) is 17.5 Å². The number of anilines is 2. The molecule has 1 aromatic rings. The van der Waals surface area contributed by atoms with Crippen LogP contribution < -0.4 is 16.6 Å². The van der Waals surface area contributed by atoms with Gasteiger partial charge in [0, 0.05) is 12.0 Å². The van der Waals surface area contributed by atoms with Crippen LogP contribution in [-0.2, 0) is 6.42 Å². The Kier molecular flexibility index (Phi) is 4.48. The summed E-state index contributed by atoms with van der Waals surface area (Å²) >= 11 is 0. The summed E-state index contributed by atoms with van der Waals surface area (Å²) in [5, 5.41) is 13.0. The Morgan fingerprint density at radius 3 is 2.33 bits per heavy atom. The Morgan fingerprint density at radius 1 is 1.33 bits per heavy atom. The first-order valence-electron chi connectivity index (χ1n) is 6.12. The number of nitrogens with zero attached hydrogens (tertiary/aromatic N) is 2. The maximum Gasteiger partial charge on any atom is 0.148 e. The molecule has 6 nitrogen and oxygen atoms in total. The molecule has 0 fully saturated rings. The highest BCUT2D eigenvalue weighted by Gasteiger charge is 2.25. The minimum Gasteiger partial charge on any atom is -0.391 e. The van der Waals surface area contributed by atoms with Crippen molar-refractivity contribution < 1.29 is 5.11 Å². The van der Waals surface area contributed by atoms with Crippen molar-refractivity contribution in [2.45, 2.75) is 52.7 Å². The molecule has 0 radical (unpaired) electrons. The van der Waals surface area contributed by atoms with Crippen LogP contribution in [0.2, 0.25) is 0 Å². The number of hydrogen-bond donors (Lipinski definition) is 4. The second kappa shape index (κ2) is 5.49. The number of aromatic nitrogens is 2. The fraction of sp³-hybridized carbons (Fsp3) is 0.667. The summed E-state index contributed by atoms with van der Waals surface area (Å²) in [6.45, 7) is 9.44. The van der Waals surface area contributed by atoms with Gasteiger partial charge in [0.1, 0.15) is 17.5 Å². The SMILES string of the molecule is CCc1nc(NN)c(C)c(NC(C)(C)C(C)O)n1. The molecule has 1 heterocycles. The Balaban J connectivity index is 3.15. The predicted molar refractivity (Wildman–Crippen MR) is 73.3 cm³/mol. The van der Waals surface area contributed by atoms with E-state index in [9.17, 15) is 5.11 Å². The third kappa shape index (κ3) is 3.08. The average Bonchev–Trinajstić information content (AvgIpc) is 2.31. The lowest BCUT2D eigenvalue weighted by Crippen LogP contribution is -2.42. The molecule has 0 aliphatic rings. The fourth-order valence-electron chi connectivity index (χ4n) is 1.39. The molecule has 0 bridgehead atoms. The Bertz CT molecular complexity index is 417. The molecule has 1 rings (SSSR count). The smallest absolute Gasteiger partial charge is 0.148 e. The molecule has 0 aliphatic heterocycles. The Morgan fingerprint density at radius 2 is 1.89 bits per heavy atom. The van der Waals surface area contributed by atoms with Crippen LogP contribution in [0.25, 0.3) is 0 Å². The van der Waals surface area contributed by atoms with Crippen LogP contribution in [0.15, 0.2) is 0 Å². The number of aliphatic hydroxyl groups excluding tert-OH is 1. The van der Waals surface area contributed by atoms with Gasteiger partial charge in [-0.25, -0.2) is 15.8 Å². The van der Waals surface area contributed by atoms with E-state index in [2.05, 4.69) is 20.7 Å². The van der Waals surface area contributed by atoms with Crippen LogP contribution >= 0.6 is 0 Å². The van der Waals surface area contributed by atoms with Crippen LogP contribution in [0.3, 0.4) is 0 Å². The first-order valence-corrected chi connectivity index (χ1v) is 6.12. The zero-order chi connectivity index (χ0) is 13.9. The van der Waals surface area contributed by atoms with Gasteiger partial charge in [-0.15, -0.1) is 0 Å². The van der Waals surface area contributed by atoms with Gasteiger partial charge in [0.05, 0.1) is 11.6 Å². The summed E-state index contributed by atoms with van der Waals surface area (Å²) < 4.78 is 0. The zero-order valence-corrected chi connectivity index (χ0v) is 11.7. The van der Waals surface area contributed by atoms with Gasteiger partial charge in [0.25, 0.3) is 0 Å². The van der Waals surface area contributed by atoms with Crippen LogP contribution in [-0.4, -0.2) is 26.7 Å². The normalized spacial score (nSPS) is 13.3. The lowest BCUT2D eigenvalue weighted by molar-refractivity contribution is 0.133. The molecule has 102 valence electrons. The maximum absolute atomic E-state index is 9.74. The van der Waals surface area contributed by atoms with Crippen LogP contribution in [0.1, 0.15) is 39.1 Å². The third-order valence-electron chi connectivity index (χ3n) is 3.13. The lowest BCUT2D eigenvalue weighted by atomic mass is 9.98. The number of nitrogens with one attached hydrogen (secondary N) is 2. The van der Waals surface area contributed by atoms with Gasteiger partial charge in [-0.05, 0) is 27.7 Å². The molecule has 1 aromatic heterocycles. The second-order valence-corrected chi connectivity index (χ2v) is 4.98. The molecule has 1 atom stereocenters. The number of aliphatic hydroxyl groups is 1. The fourth-order valence-corrected chi connectivity index (χ4v) is 1.39. The molecular formula is C12H23N5O. The van der Waals surface area contributed by atoms with Crippen LogP contribution in [0.4, 0.5) is 11.6 Å². The van der Waals surface area contributed by atoms with Gasteiger partial charge in [0.15, 0.2) is 0 Å². The van der Waals surface area contributed by atoms with E-state index in [1.54, 1.807) is 6.92 Å². The molecule has 6 heteroatoms. The van der Waals surface area contributed by atoms with E-state index in [1.165, 1.54) is 0 Å². The van der Waals surface area contributed by atoms with E-state index < -0.39 is 11.6 Å². The standard InChI is InChI=1S/C12H23N5O/c1-6-9-14-10(7(2)11(15-9)17-13)16-12(4,5)8(3)18/h8,18H,6,13H2,1-5H3,(H2,14,15,16,17). The van der Waals surface area contributed by atoms with E-state index in [4.69, 9.17) is 5.84 Å². The topological polar surface area (TPSA) is 96.1 Å². The summed E-state index contributed by atoms with van der Waals surface area (Å²) in [6.07, 6.45) is 0.213. The minimum absolute atomic E-state index is 0.476. The van der Waals surface area contributed by atoms with E-state index in [1.807, 2.05) is 27.7 Å². The molecule has 1 unspecified atom stereocenters. The first-order chi connectivity index (χ1) is 8.31. The van der Waals surface area contributed by atoms with Crippen molar-refractivity contribution in [2.24, 2.45) is 5.84 Å². The van der Waals surface area contributed by atoms with Crippen molar-refractivity contribution in [3.05, 3.63) is 11.4 Å². The third-order valence-corrected chi connectivity index (χ3v) is 3.13. The van der Waals surface area contributed by atoms with Crippen molar-refractivity contribution in [2.75, 3.05) is 10.7 Å². The molecule has 0 amide bonds. The number of nitrogens with two attached hydrogens (primary N) is 1. The Hall–Kier alpha value is -1.40. The summed E-state index contributed by atoms with van der Waals surface area (Å²) in [4.78, 5) is 8.73. The van der Waals surface area contributed by atoms with Gasteiger partial charge in [-0.2, -0.15) is 0 Å². The first kappa shape index (κ1) is 14.7. The van der Waals surface area contributed by atoms with Crippen molar-refractivity contribution >= 4 is 11.6 Å². The zero-order valence-electron chi connectivity index (χ0n) is 11.7. The Labute approximate surface area is 108 Å². The number of rotatable bonds is 5. The van der Waals surface area contributed by atoms with Crippen LogP contribution in [0.5, 0.6) is 0 Å². The highest BCUT2D eigenvalue weighted by atomic mass is 16.3. The average molecular weight is 253 g/mol. The number of hydrazine groups is 1. The molecule has 0 saturated heterocycles. The van der Waals surface area contributed by atoms with E-state index in [-0.39, 0.29) is 0 Å². The highest BCUT2D eigenvalue weighted by molar-refractivity contribution is 5.57. The molecular weight excluding hydrogens is 230 g/mol. The van der Waals surface area contributed by atoms with E-state index >= 15 is 0 Å². The summed E-state index contributed by atoms with van der Waals surface area (Å²) in [7, 11) is 0. The second-order valence-electron chi connectivity index (χ2n) is 4.98. The molecule has 0 spiro atoms. The minimum atomic E-state index is -0.508. The summed E-state index contributed by atoms with van der Waals surface area (Å²) in [5.41, 5.74) is 2.93. The van der Waals surface area contributed by atoms with Gasteiger partial charge < -0.3 is 15.8 Å². The quantitative estimate of drug-likeness (QED) is 0.465. The molecule has 0 aromatic carbocycles. The van der Waals surface area contributed by atoms with Crippen molar-refractivity contribution in [3.63, 3.8) is 0 Å². The van der Waals surface area contributed by atoms with E-state index in [0.717, 1.165) is 12.0 Å². The summed E-state index contributed by atoms with van der Waals surface area (Å²) in [5.74, 6) is 7.45. The van der Waals surface area contributed by atoms with Gasteiger partial charge in [-0.1, -0.05) is 6.92 Å².